The summed E-state index contributed by atoms with van der Waals surface area (Å²) >= 11 is 0. The van der Waals surface area contributed by atoms with Gasteiger partial charge in [-0.1, -0.05) is 300 Å². The molecule has 0 fully saturated rings. The number of nitrogens with zero attached hydrogens (tertiary/aromatic N) is 8. The molecule has 776 valence electrons. The number of pyridine rings is 8. The number of hydrogen-bond donors (Lipinski definition) is 0. The molecular weight excluding hydrogens is 2620 g/mol. The standard InChI is InChI=1S/2C18H24NSi.C17H22NSi.C16H20NSi.C15H18NSi.3C14H16NSi.4Ir/c2*1-14(2)11-16-12-17(15-9-7-6-8-10-15)19-13-18(16)20(3,4)5;1-5-9-15-12-16(14-10-7-6-8-11-14)18-13-17(15)19(2,3)4;1-5-13-11-15(14-9-7-6-8-10-14)17-12-16(13)18(2,3)4;1-12-10-14(13-8-6-5-7-9-13)16-11-15(12)17(2,3)4;3*1-16(2,3)13-9-10-14(15-11-13)12-7-5-4-6-8-12;;;;/h2*6-9,12-14H,11H2,1-5H3;6-8,10,12-13H,5,9H2,1-4H3;6-9,11-12H,5H2,1-4H3;5-8,10-11H,1-4H3;3*4-7,9-11H,1-3H3;;;;/q8*-1;;;;. The second-order valence-corrected chi connectivity index (χ2v) is 86.0. The third-order valence-electron chi connectivity index (χ3n) is 24.0. The van der Waals surface area contributed by atoms with E-state index >= 15 is 0 Å². The van der Waals surface area contributed by atoms with E-state index in [-0.39, 0.29) is 80.4 Å². The summed E-state index contributed by atoms with van der Waals surface area (Å²) in [7, 11) is -10.3. The molecule has 146 heavy (non-hydrogen) atoms. The molecule has 16 rings (SSSR count). The van der Waals surface area contributed by atoms with Crippen LogP contribution in [-0.2, 0) is 106 Å². The van der Waals surface area contributed by atoms with E-state index in [0.29, 0.717) is 11.8 Å². The van der Waals surface area contributed by atoms with Gasteiger partial charge in [0.15, 0.2) is 0 Å². The monoisotopic (exact) mass is 2780 g/mol. The van der Waals surface area contributed by atoms with E-state index in [1.807, 2.05) is 182 Å². The number of hydrogen-bond acceptors (Lipinski definition) is 8. The van der Waals surface area contributed by atoms with Gasteiger partial charge in [0.25, 0.3) is 0 Å². The second kappa shape index (κ2) is 59.8. The van der Waals surface area contributed by atoms with Crippen molar-refractivity contribution in [2.24, 2.45) is 11.8 Å². The van der Waals surface area contributed by atoms with Crippen molar-refractivity contribution in [2.45, 2.75) is 238 Å². The van der Waals surface area contributed by atoms with Crippen molar-refractivity contribution in [3.63, 3.8) is 0 Å². The summed E-state index contributed by atoms with van der Waals surface area (Å²) in [5.41, 5.74) is 24.0. The first-order valence-electron chi connectivity index (χ1n) is 50.6. The van der Waals surface area contributed by atoms with Crippen LogP contribution in [0, 0.1) is 67.3 Å². The molecule has 4 radical (unpaired) electrons. The maximum absolute atomic E-state index is 4.69. The minimum absolute atomic E-state index is 0. The van der Waals surface area contributed by atoms with Gasteiger partial charge in [0.05, 0.1) is 64.6 Å². The van der Waals surface area contributed by atoms with Crippen LogP contribution in [0.25, 0.3) is 90.1 Å². The first-order chi connectivity index (χ1) is 67.0. The second-order valence-electron chi connectivity index (χ2n) is 45.6. The molecule has 20 heteroatoms. The Kier molecular flexibility index (Phi) is 52.3. The zero-order valence-corrected chi connectivity index (χ0v) is 110. The third-order valence-corrected chi connectivity index (χ3v) is 40.5. The number of benzene rings is 8. The molecule has 0 aliphatic rings. The van der Waals surface area contributed by atoms with Gasteiger partial charge in [-0.15, -0.1) is 287 Å². The Morgan fingerprint density at radius 3 is 0.603 bits per heavy atom. The van der Waals surface area contributed by atoms with Crippen LogP contribution >= 0.6 is 0 Å². The van der Waals surface area contributed by atoms with E-state index in [1.165, 1.54) is 75.7 Å². The number of rotatable bonds is 23. The summed E-state index contributed by atoms with van der Waals surface area (Å²) < 4.78 is 0. The predicted molar refractivity (Wildman–Crippen MR) is 637 cm³/mol. The molecule has 8 nitrogen and oxygen atoms in total. The van der Waals surface area contributed by atoms with Gasteiger partial charge in [-0.2, -0.15) is 0 Å². The smallest absolute Gasteiger partial charge is 0.0798 e. The van der Waals surface area contributed by atoms with Crippen LogP contribution in [0.3, 0.4) is 0 Å². The third kappa shape index (κ3) is 41.2. The maximum atomic E-state index is 4.69. The number of aromatic nitrogens is 8. The molecule has 8 aromatic carbocycles. The van der Waals surface area contributed by atoms with Gasteiger partial charge in [-0.05, 0) is 131 Å². The van der Waals surface area contributed by atoms with Crippen LogP contribution in [0.1, 0.15) is 75.8 Å². The molecular formula is C126H156Ir4N8Si8-8. The SMILES string of the molecule is CC(C)Cc1cc(-c2[c-]cccc2)ncc1[Si](C)(C)C.CC(C)Cc1cc(-c2[c-]cccc2)ncc1[Si](C)(C)C.CCCc1cc(-c2[c-]cccc2)ncc1[Si](C)(C)C.CCc1cc(-c2[c-]cccc2)ncc1[Si](C)(C)C.C[Si](C)(C)c1ccc(-c2[c-]cccc2)nc1.C[Si](C)(C)c1ccc(-c2[c-]cccc2)nc1.C[Si](C)(C)c1ccc(-c2[c-]cccc2)nc1.Cc1cc(-c2[c-]cccc2)ncc1[Si](C)(C)C.[Ir].[Ir].[Ir].[Ir]. The minimum atomic E-state index is -1.34. The Morgan fingerprint density at radius 2 is 0.418 bits per heavy atom. The quantitative estimate of drug-likeness (QED) is 0.0461. The average Bonchev–Trinajstić information content (AvgIpc) is 0.813. The van der Waals surface area contributed by atoms with Crippen molar-refractivity contribution in [1.82, 2.24) is 39.9 Å². The molecule has 0 unspecified atom stereocenters. The van der Waals surface area contributed by atoms with Gasteiger partial charge < -0.3 is 39.9 Å². The molecule has 0 bridgehead atoms. The van der Waals surface area contributed by atoms with Crippen LogP contribution in [0.4, 0.5) is 0 Å². The van der Waals surface area contributed by atoms with Crippen molar-refractivity contribution in [3.8, 4) is 90.1 Å². The summed E-state index contributed by atoms with van der Waals surface area (Å²) in [5.74, 6) is 1.33. The molecule has 0 saturated carbocycles. The van der Waals surface area contributed by atoms with Gasteiger partial charge in [0.2, 0.25) is 0 Å². The molecule has 0 amide bonds. The molecule has 8 heterocycles. The van der Waals surface area contributed by atoms with Gasteiger partial charge in [0, 0.05) is 130 Å². The average molecular weight is 2780 g/mol. The van der Waals surface area contributed by atoms with Crippen molar-refractivity contribution < 1.29 is 80.4 Å². The molecule has 0 N–H and O–H groups in total. The summed E-state index contributed by atoms with van der Waals surface area (Å²) in [6, 6.07) is 114. The summed E-state index contributed by atoms with van der Waals surface area (Å²) in [4.78, 5) is 36.8. The molecule has 0 aliphatic heterocycles. The fourth-order valence-corrected chi connectivity index (χ4v) is 27.4. The molecule has 0 aliphatic carbocycles. The fourth-order valence-electron chi connectivity index (χ4n) is 16.2. The van der Waals surface area contributed by atoms with E-state index in [9.17, 15) is 0 Å². The zero-order valence-electron chi connectivity index (χ0n) is 92.5. The van der Waals surface area contributed by atoms with Crippen molar-refractivity contribution in [3.05, 3.63) is 387 Å². The Hall–Kier alpha value is -8.71. The molecule has 0 atom stereocenters. The van der Waals surface area contributed by atoms with Crippen LogP contribution in [0.15, 0.2) is 310 Å². The topological polar surface area (TPSA) is 103 Å². The van der Waals surface area contributed by atoms with Crippen molar-refractivity contribution in [2.75, 3.05) is 0 Å². The van der Waals surface area contributed by atoms with E-state index in [0.717, 1.165) is 116 Å². The fraction of sp³-hybridized carbons (Fsp3) is 0.302. The van der Waals surface area contributed by atoms with E-state index in [1.54, 1.807) is 0 Å². The van der Waals surface area contributed by atoms with Gasteiger partial charge in [0.1, 0.15) is 0 Å². The molecule has 16 aromatic rings. The first-order valence-corrected chi connectivity index (χ1v) is 78.6. The van der Waals surface area contributed by atoms with E-state index < -0.39 is 64.6 Å². The Bertz CT molecular complexity index is 6160. The summed E-state index contributed by atoms with van der Waals surface area (Å²) in [5, 5.41) is 11.6. The maximum Gasteiger partial charge on any atom is 0.0798 e. The normalized spacial score (nSPS) is 11.3. The van der Waals surface area contributed by atoms with Gasteiger partial charge in [-0.3, -0.25) is 0 Å². The van der Waals surface area contributed by atoms with Crippen molar-refractivity contribution >= 4 is 106 Å². The molecule has 0 spiro atoms. The van der Waals surface area contributed by atoms with E-state index in [4.69, 9.17) is 0 Å². The van der Waals surface area contributed by atoms with Crippen LogP contribution in [0.5, 0.6) is 0 Å². The first kappa shape index (κ1) is 128. The summed E-state index contributed by atoms with van der Waals surface area (Å²) in [6.07, 6.45) is 22.2. The minimum Gasteiger partial charge on any atom is -0.305 e. The molecule has 0 saturated heterocycles. The van der Waals surface area contributed by atoms with Gasteiger partial charge >= 0.3 is 0 Å². The Labute approximate surface area is 943 Å². The molecule has 8 aromatic heterocycles. The Balaban J connectivity index is 0.000000293. The summed E-state index contributed by atoms with van der Waals surface area (Å²) in [6.45, 7) is 72.4. The van der Waals surface area contributed by atoms with Crippen molar-refractivity contribution in [1.29, 1.82) is 0 Å². The predicted octanol–water partition coefficient (Wildman–Crippen LogP) is 29.0. The van der Waals surface area contributed by atoms with Gasteiger partial charge in [-0.25, -0.2) is 0 Å². The Morgan fingerprint density at radius 1 is 0.219 bits per heavy atom. The van der Waals surface area contributed by atoms with Crippen LogP contribution in [-0.4, -0.2) is 104 Å². The van der Waals surface area contributed by atoms with Crippen LogP contribution < -0.4 is 41.5 Å². The van der Waals surface area contributed by atoms with Crippen LogP contribution in [0.2, 0.25) is 157 Å². The van der Waals surface area contributed by atoms with E-state index in [2.05, 4.69) is 422 Å². The number of aryl methyl sites for hydroxylation is 3. The zero-order chi connectivity index (χ0) is 104. The largest absolute Gasteiger partial charge is 0.305 e.